The molecule has 0 saturated carbocycles. The lowest BCUT2D eigenvalue weighted by molar-refractivity contribution is 0.394. The Balaban J connectivity index is 1.18. The summed E-state index contributed by atoms with van der Waals surface area (Å²) in [6.07, 6.45) is 49.6. The van der Waals surface area contributed by atoms with E-state index in [4.69, 9.17) is 8.75 Å². The van der Waals surface area contributed by atoms with Crippen LogP contribution in [0, 0.1) is 13.8 Å². The third-order valence-electron chi connectivity index (χ3n) is 20.4. The highest BCUT2D eigenvalue weighted by atomic mass is 32.1. The number of thiophene rings is 2. The number of aromatic nitrogens is 2. The molecule has 0 atom stereocenters. The van der Waals surface area contributed by atoms with Gasteiger partial charge in [0, 0.05) is 41.5 Å². The number of unbranched alkanes of at least 4 members (excludes halogenated alkanes) is 26. The van der Waals surface area contributed by atoms with Crippen LogP contribution in [0.1, 0.15) is 317 Å². The van der Waals surface area contributed by atoms with E-state index in [9.17, 15) is 0 Å². The lowest BCUT2D eigenvalue weighted by atomic mass is 9.68. The van der Waals surface area contributed by atoms with Crippen LogP contribution in [0.4, 0.5) is 0 Å². The molecule has 0 fully saturated rings. The largest absolute Gasteiger partial charge is 0.172 e. The van der Waals surface area contributed by atoms with Crippen LogP contribution in [0.3, 0.4) is 0 Å². The van der Waals surface area contributed by atoms with Crippen molar-refractivity contribution in [3.8, 4) is 53.6 Å². The van der Waals surface area contributed by atoms with Gasteiger partial charge in [-0.2, -0.15) is 8.75 Å². The van der Waals surface area contributed by atoms with E-state index in [1.807, 2.05) is 22.7 Å². The second kappa shape index (κ2) is 33.1. The molecular weight excluding hydrogens is 1090 g/mol. The fourth-order valence-corrected chi connectivity index (χ4v) is 18.5. The van der Waals surface area contributed by atoms with Crippen molar-refractivity contribution in [2.45, 2.75) is 310 Å². The van der Waals surface area contributed by atoms with Crippen LogP contribution < -0.4 is 0 Å². The van der Waals surface area contributed by atoms with Gasteiger partial charge in [0.25, 0.3) is 0 Å². The first-order chi connectivity index (χ1) is 41.7. The Morgan fingerprint density at radius 3 is 1.15 bits per heavy atom. The zero-order valence-electron chi connectivity index (χ0n) is 54.9. The van der Waals surface area contributed by atoms with Gasteiger partial charge in [0.15, 0.2) is 0 Å². The van der Waals surface area contributed by atoms with Gasteiger partial charge in [-0.1, -0.05) is 282 Å². The van der Waals surface area contributed by atoms with Crippen LogP contribution in [0.25, 0.3) is 64.6 Å². The van der Waals surface area contributed by atoms with Gasteiger partial charge in [0.2, 0.25) is 0 Å². The molecule has 2 aliphatic rings. The predicted octanol–water partition coefficient (Wildman–Crippen LogP) is 27.2. The van der Waals surface area contributed by atoms with Crippen molar-refractivity contribution in [3.63, 3.8) is 0 Å². The SMILES string of the molecule is CCCCCCCCC1(CCCCCCCC)c2cc(C)ccc2-c2cc3c(cc21)-c1ccc(-c2cc(CCCCCC)c(-c4ccc(-c5sc(C)cc5CCCCCC)c5nsnc45)s2)cc1C3(CCCCCCCC)CCCCCCCC. The average Bonchev–Trinajstić information content (AvgIpc) is 1.60. The number of fused-ring (bicyclic) bond motifs is 7. The molecule has 0 unspecified atom stereocenters. The molecule has 0 spiro atoms. The van der Waals surface area contributed by atoms with Gasteiger partial charge in [0.1, 0.15) is 11.0 Å². The fraction of sp³-hybridized carbons (Fsp3) is 0.600. The molecule has 85 heavy (non-hydrogen) atoms. The van der Waals surface area contributed by atoms with Crippen molar-refractivity contribution in [1.29, 1.82) is 0 Å². The van der Waals surface area contributed by atoms with Crippen LogP contribution in [-0.2, 0) is 23.7 Å². The van der Waals surface area contributed by atoms with Crippen LogP contribution >= 0.6 is 34.4 Å². The second-order valence-electron chi connectivity index (χ2n) is 26.9. The molecule has 3 heterocycles. The van der Waals surface area contributed by atoms with Gasteiger partial charge in [-0.05, 0) is 157 Å². The summed E-state index contributed by atoms with van der Waals surface area (Å²) in [5.74, 6) is 0. The summed E-state index contributed by atoms with van der Waals surface area (Å²) in [4.78, 5) is 5.62. The average molecular weight is 1200 g/mol. The highest BCUT2D eigenvalue weighted by Gasteiger charge is 2.48. The molecule has 3 aromatic heterocycles. The third kappa shape index (κ3) is 15.6. The third-order valence-corrected chi connectivity index (χ3v) is 23.3. The van der Waals surface area contributed by atoms with Crippen molar-refractivity contribution in [1.82, 2.24) is 8.75 Å². The molecule has 0 bridgehead atoms. The Morgan fingerprint density at radius 2 is 0.694 bits per heavy atom. The van der Waals surface area contributed by atoms with Gasteiger partial charge >= 0.3 is 0 Å². The fourth-order valence-electron chi connectivity index (χ4n) is 15.6. The molecule has 0 radical (unpaired) electrons. The molecule has 0 aliphatic heterocycles. The summed E-state index contributed by atoms with van der Waals surface area (Å²) in [5, 5.41) is 0. The first-order valence-corrected chi connectivity index (χ1v) is 38.1. The van der Waals surface area contributed by atoms with E-state index in [1.54, 1.807) is 38.9 Å². The lowest BCUT2D eigenvalue weighted by Gasteiger charge is -2.35. The Labute approximate surface area is 531 Å². The zero-order chi connectivity index (χ0) is 59.4. The van der Waals surface area contributed by atoms with Gasteiger partial charge in [-0.25, -0.2) is 0 Å². The smallest absolute Gasteiger partial charge is 0.114 e. The van der Waals surface area contributed by atoms with Gasteiger partial charge in [0.05, 0.1) is 11.7 Å². The molecule has 0 amide bonds. The van der Waals surface area contributed by atoms with E-state index in [1.165, 1.54) is 301 Å². The standard InChI is InChI=1S/C80H112N2S3/c1-9-15-21-27-31-37-49-79(50-38-32-28-22-16-10-2)70-53-59(7)43-45-64(70)68-57-73-69(58-72(68)79)65-46-44-61(55-71(65)80(73,51-39-33-29-23-17-11-3)52-40-34-30-24-18-12-4)74-56-63(42-36-26-20-14-6)78(84-74)67-48-47-66(75-76(67)82-85-81-75)77-62(54-60(8)83-77)41-35-25-19-13-5/h43-48,53-58H,9-42,49-52H2,1-8H3. The van der Waals surface area contributed by atoms with Crippen LogP contribution in [0.5, 0.6) is 0 Å². The minimum Gasteiger partial charge on any atom is -0.172 e. The summed E-state index contributed by atoms with van der Waals surface area (Å²) < 4.78 is 10.3. The number of aryl methyl sites for hydroxylation is 4. The van der Waals surface area contributed by atoms with E-state index in [2.05, 4.69) is 128 Å². The van der Waals surface area contributed by atoms with E-state index in [0.29, 0.717) is 0 Å². The minimum absolute atomic E-state index is 0.0216. The summed E-state index contributed by atoms with van der Waals surface area (Å²) >= 11 is 5.38. The van der Waals surface area contributed by atoms with Gasteiger partial charge < -0.3 is 0 Å². The maximum Gasteiger partial charge on any atom is 0.114 e. The summed E-state index contributed by atoms with van der Waals surface area (Å²) in [7, 11) is 0. The predicted molar refractivity (Wildman–Crippen MR) is 379 cm³/mol. The number of hydrogen-bond acceptors (Lipinski definition) is 5. The van der Waals surface area contributed by atoms with E-state index in [0.717, 1.165) is 23.9 Å². The quantitative estimate of drug-likeness (QED) is 0.0357. The molecule has 2 nitrogen and oxygen atoms in total. The Morgan fingerprint density at radius 1 is 0.329 bits per heavy atom. The molecule has 460 valence electrons. The number of nitrogens with zero attached hydrogens (tertiary/aromatic N) is 2. The molecule has 4 aromatic carbocycles. The maximum atomic E-state index is 5.19. The number of benzene rings is 4. The number of rotatable bonds is 41. The van der Waals surface area contributed by atoms with Gasteiger partial charge in [-0.15, -0.1) is 22.7 Å². The highest BCUT2D eigenvalue weighted by molar-refractivity contribution is 7.19. The minimum atomic E-state index is -0.0216. The van der Waals surface area contributed by atoms with E-state index in [-0.39, 0.29) is 10.8 Å². The molecule has 2 aliphatic carbocycles. The highest BCUT2D eigenvalue weighted by Crippen LogP contribution is 2.62. The Hall–Kier alpha value is -3.90. The van der Waals surface area contributed by atoms with Crippen LogP contribution in [-0.4, -0.2) is 8.75 Å². The summed E-state index contributed by atoms with van der Waals surface area (Å²) in [6, 6.07) is 31.3. The van der Waals surface area contributed by atoms with Crippen molar-refractivity contribution < 1.29 is 0 Å². The monoisotopic (exact) mass is 1200 g/mol. The maximum absolute atomic E-state index is 5.19. The topological polar surface area (TPSA) is 25.8 Å². The van der Waals surface area contributed by atoms with E-state index >= 15 is 0 Å². The lowest BCUT2D eigenvalue weighted by Crippen LogP contribution is -2.27. The molecule has 5 heteroatoms. The molecule has 0 N–H and O–H groups in total. The number of hydrogen-bond donors (Lipinski definition) is 0. The van der Waals surface area contributed by atoms with E-state index < -0.39 is 0 Å². The van der Waals surface area contributed by atoms with Crippen molar-refractivity contribution in [2.24, 2.45) is 0 Å². The summed E-state index contributed by atoms with van der Waals surface area (Å²) in [6.45, 7) is 18.7. The molecule has 9 rings (SSSR count). The van der Waals surface area contributed by atoms with Gasteiger partial charge in [-0.3, -0.25) is 0 Å². The normalized spacial score (nSPS) is 13.7. The Bertz CT molecular complexity index is 3130. The zero-order valence-corrected chi connectivity index (χ0v) is 57.4. The van der Waals surface area contributed by atoms with Crippen molar-refractivity contribution >= 4 is 45.4 Å². The second-order valence-corrected chi connectivity index (χ2v) is 29.7. The first kappa shape index (κ1) is 65.5. The Kier molecular flexibility index (Phi) is 25.5. The van der Waals surface area contributed by atoms with Crippen LogP contribution in [0.2, 0.25) is 0 Å². The molecule has 0 saturated heterocycles. The van der Waals surface area contributed by atoms with Crippen LogP contribution in [0.15, 0.2) is 72.8 Å². The molecule has 7 aromatic rings. The van der Waals surface area contributed by atoms with Crippen molar-refractivity contribution in [2.75, 3.05) is 0 Å². The first-order valence-electron chi connectivity index (χ1n) is 35.7. The summed E-state index contributed by atoms with van der Waals surface area (Å²) in [5.41, 5.74) is 23.4. The molecular formula is C80H112N2S3. The van der Waals surface area contributed by atoms with Crippen molar-refractivity contribution in [3.05, 3.63) is 117 Å².